The molecule has 1 fully saturated rings. The van der Waals surface area contributed by atoms with Crippen LogP contribution < -0.4 is 11.4 Å². The summed E-state index contributed by atoms with van der Waals surface area (Å²) in [6.45, 7) is 1.64. The van der Waals surface area contributed by atoms with Gasteiger partial charge in [0.05, 0.1) is 13.2 Å². The van der Waals surface area contributed by atoms with E-state index in [0.717, 1.165) is 18.7 Å². The van der Waals surface area contributed by atoms with Crippen LogP contribution in [0.3, 0.4) is 0 Å². The van der Waals surface area contributed by atoms with Crippen LogP contribution in [0.25, 0.3) is 0 Å². The Balaban J connectivity index is 1.99. The van der Waals surface area contributed by atoms with E-state index in [4.69, 9.17) is 10.5 Å². The predicted molar refractivity (Wildman–Crippen MR) is 63.9 cm³/mol. The third kappa shape index (κ3) is 2.95. The van der Waals surface area contributed by atoms with Crippen LogP contribution in [0.4, 0.5) is 0 Å². The van der Waals surface area contributed by atoms with Crippen LogP contribution in [0.5, 0.6) is 0 Å². The van der Waals surface area contributed by atoms with Crippen LogP contribution in [-0.4, -0.2) is 34.5 Å². The first-order valence-electron chi connectivity index (χ1n) is 6.26. The summed E-state index contributed by atoms with van der Waals surface area (Å²) in [4.78, 5) is 11.7. The molecule has 0 amide bonds. The van der Waals surface area contributed by atoms with Gasteiger partial charge in [-0.05, 0) is 12.8 Å². The molecule has 1 saturated carbocycles. The van der Waals surface area contributed by atoms with Crippen molar-refractivity contribution in [2.45, 2.75) is 38.1 Å². The first kappa shape index (κ1) is 12.3. The molecule has 0 radical (unpaired) electrons. The minimum absolute atomic E-state index is 0.0919. The Bertz CT molecular complexity index is 392. The number of aromatic amines is 1. The summed E-state index contributed by atoms with van der Waals surface area (Å²) < 4.78 is 7.12. The second-order valence-corrected chi connectivity index (χ2v) is 4.40. The molecule has 0 aromatic carbocycles. The van der Waals surface area contributed by atoms with Crippen molar-refractivity contribution in [3.8, 4) is 0 Å². The first-order valence-corrected chi connectivity index (χ1v) is 6.26. The normalized spacial score (nSPS) is 16.8. The van der Waals surface area contributed by atoms with Gasteiger partial charge in [0.25, 0.3) is 0 Å². The molecule has 0 aliphatic heterocycles. The standard InChI is InChI=1S/C11H20N4O2/c12-6-8-17-7-5-10-13-14-11(16)15(10)9-3-1-2-4-9/h9H,1-8,12H2,(H,14,16). The maximum absolute atomic E-state index is 11.7. The van der Waals surface area contributed by atoms with Gasteiger partial charge in [0.15, 0.2) is 0 Å². The maximum atomic E-state index is 11.7. The highest BCUT2D eigenvalue weighted by atomic mass is 16.5. The molecule has 17 heavy (non-hydrogen) atoms. The van der Waals surface area contributed by atoms with Crippen molar-refractivity contribution < 1.29 is 4.74 Å². The van der Waals surface area contributed by atoms with E-state index in [1.54, 1.807) is 4.57 Å². The van der Waals surface area contributed by atoms with Crippen molar-refractivity contribution >= 4 is 0 Å². The van der Waals surface area contributed by atoms with Gasteiger partial charge < -0.3 is 10.5 Å². The molecule has 1 aromatic heterocycles. The Hall–Kier alpha value is -1.14. The molecule has 1 aromatic rings. The van der Waals surface area contributed by atoms with E-state index in [9.17, 15) is 4.79 Å². The van der Waals surface area contributed by atoms with Gasteiger partial charge in [-0.3, -0.25) is 4.57 Å². The number of ether oxygens (including phenoxy) is 1. The lowest BCUT2D eigenvalue weighted by atomic mass is 10.2. The number of nitrogens with one attached hydrogen (secondary N) is 1. The fraction of sp³-hybridized carbons (Fsp3) is 0.818. The highest BCUT2D eigenvalue weighted by Crippen LogP contribution is 2.28. The van der Waals surface area contributed by atoms with E-state index in [1.165, 1.54) is 12.8 Å². The summed E-state index contributed by atoms with van der Waals surface area (Å²) >= 11 is 0. The summed E-state index contributed by atoms with van der Waals surface area (Å²) in [5.41, 5.74) is 5.25. The fourth-order valence-corrected chi connectivity index (χ4v) is 2.40. The monoisotopic (exact) mass is 240 g/mol. The Kier molecular flexibility index (Phi) is 4.33. The number of rotatable bonds is 6. The second kappa shape index (κ2) is 5.97. The van der Waals surface area contributed by atoms with Crippen LogP contribution in [-0.2, 0) is 11.2 Å². The molecule has 2 rings (SSSR count). The van der Waals surface area contributed by atoms with Crippen molar-refractivity contribution in [1.29, 1.82) is 0 Å². The first-order chi connectivity index (χ1) is 8.33. The predicted octanol–water partition coefficient (Wildman–Crippen LogP) is 0.204. The average molecular weight is 240 g/mol. The molecule has 3 N–H and O–H groups in total. The van der Waals surface area contributed by atoms with E-state index in [0.29, 0.717) is 32.2 Å². The van der Waals surface area contributed by atoms with Gasteiger partial charge in [-0.2, -0.15) is 5.10 Å². The Morgan fingerprint density at radius 2 is 2.18 bits per heavy atom. The molecular weight excluding hydrogens is 220 g/mol. The lowest BCUT2D eigenvalue weighted by Crippen LogP contribution is -2.23. The SMILES string of the molecule is NCCOCCc1n[nH]c(=O)n1C1CCCC1. The molecule has 0 spiro atoms. The zero-order valence-electron chi connectivity index (χ0n) is 10.0. The van der Waals surface area contributed by atoms with Gasteiger partial charge in [-0.1, -0.05) is 12.8 Å². The van der Waals surface area contributed by atoms with Crippen molar-refractivity contribution in [2.75, 3.05) is 19.8 Å². The van der Waals surface area contributed by atoms with E-state index in [-0.39, 0.29) is 5.69 Å². The van der Waals surface area contributed by atoms with Crippen molar-refractivity contribution in [3.63, 3.8) is 0 Å². The number of hydrogen-bond acceptors (Lipinski definition) is 4. The van der Waals surface area contributed by atoms with Crippen LogP contribution >= 0.6 is 0 Å². The van der Waals surface area contributed by atoms with Crippen LogP contribution in [0.1, 0.15) is 37.5 Å². The highest BCUT2D eigenvalue weighted by Gasteiger charge is 2.21. The summed E-state index contributed by atoms with van der Waals surface area (Å²) in [6.07, 6.45) is 5.22. The molecule has 0 bridgehead atoms. The molecule has 1 heterocycles. The highest BCUT2D eigenvalue weighted by molar-refractivity contribution is 4.92. The van der Waals surface area contributed by atoms with Crippen LogP contribution in [0.2, 0.25) is 0 Å². The van der Waals surface area contributed by atoms with Gasteiger partial charge in [-0.15, -0.1) is 0 Å². The topological polar surface area (TPSA) is 85.9 Å². The molecule has 96 valence electrons. The minimum Gasteiger partial charge on any atom is -0.380 e. The zero-order chi connectivity index (χ0) is 12.1. The Morgan fingerprint density at radius 3 is 2.88 bits per heavy atom. The van der Waals surface area contributed by atoms with E-state index < -0.39 is 0 Å². The maximum Gasteiger partial charge on any atom is 0.343 e. The van der Waals surface area contributed by atoms with Gasteiger partial charge in [0.1, 0.15) is 5.82 Å². The Morgan fingerprint density at radius 1 is 1.41 bits per heavy atom. The van der Waals surface area contributed by atoms with Gasteiger partial charge >= 0.3 is 5.69 Å². The van der Waals surface area contributed by atoms with E-state index in [1.807, 2.05) is 0 Å². The molecule has 0 unspecified atom stereocenters. The number of H-pyrrole nitrogens is 1. The van der Waals surface area contributed by atoms with Crippen molar-refractivity contribution in [2.24, 2.45) is 5.73 Å². The van der Waals surface area contributed by atoms with Gasteiger partial charge in [0, 0.05) is 19.0 Å². The quantitative estimate of drug-likeness (QED) is 0.696. The lowest BCUT2D eigenvalue weighted by Gasteiger charge is -2.12. The van der Waals surface area contributed by atoms with Crippen LogP contribution in [0, 0.1) is 0 Å². The molecule has 6 nitrogen and oxygen atoms in total. The summed E-state index contributed by atoms with van der Waals surface area (Å²) in [6, 6.07) is 0.325. The lowest BCUT2D eigenvalue weighted by molar-refractivity contribution is 0.142. The number of hydrogen-bond donors (Lipinski definition) is 2. The van der Waals surface area contributed by atoms with Crippen LogP contribution in [0.15, 0.2) is 4.79 Å². The second-order valence-electron chi connectivity index (χ2n) is 4.40. The minimum atomic E-state index is -0.0919. The fourth-order valence-electron chi connectivity index (χ4n) is 2.40. The average Bonchev–Trinajstić information content (AvgIpc) is 2.94. The molecular formula is C11H20N4O2. The summed E-state index contributed by atoms with van der Waals surface area (Å²) in [7, 11) is 0. The zero-order valence-corrected chi connectivity index (χ0v) is 10.0. The summed E-state index contributed by atoms with van der Waals surface area (Å²) in [5.74, 6) is 0.805. The third-order valence-corrected chi connectivity index (χ3v) is 3.20. The van der Waals surface area contributed by atoms with Gasteiger partial charge in [0.2, 0.25) is 0 Å². The Labute approximate surface area is 100 Å². The van der Waals surface area contributed by atoms with Gasteiger partial charge in [-0.25, -0.2) is 9.89 Å². The molecule has 6 heteroatoms. The third-order valence-electron chi connectivity index (χ3n) is 3.20. The summed E-state index contributed by atoms with van der Waals surface area (Å²) in [5, 5.41) is 6.60. The molecule has 0 saturated heterocycles. The molecule has 0 atom stereocenters. The van der Waals surface area contributed by atoms with E-state index >= 15 is 0 Å². The molecule has 1 aliphatic carbocycles. The largest absolute Gasteiger partial charge is 0.380 e. The number of aromatic nitrogens is 3. The van der Waals surface area contributed by atoms with E-state index in [2.05, 4.69) is 10.2 Å². The number of nitrogens with two attached hydrogens (primary N) is 1. The smallest absolute Gasteiger partial charge is 0.343 e. The number of nitrogens with zero attached hydrogens (tertiary/aromatic N) is 2. The van der Waals surface area contributed by atoms with Crippen molar-refractivity contribution in [3.05, 3.63) is 16.3 Å². The van der Waals surface area contributed by atoms with Crippen molar-refractivity contribution in [1.82, 2.24) is 14.8 Å². The molecule has 1 aliphatic rings.